The number of hydrogen-bond donors (Lipinski definition) is 3. The lowest BCUT2D eigenvalue weighted by Crippen LogP contribution is -2.35. The minimum Gasteiger partial charge on any atom is -0.495 e. The number of hydrogen-bond acceptors (Lipinski definition) is 6. The third kappa shape index (κ3) is 4.91. The fourth-order valence-corrected chi connectivity index (χ4v) is 2.47. The third-order valence-corrected chi connectivity index (χ3v) is 3.77. The molecule has 1 atom stereocenters. The van der Waals surface area contributed by atoms with Gasteiger partial charge in [-0.05, 0) is 17.7 Å². The third-order valence-electron chi connectivity index (χ3n) is 3.77. The molecule has 0 fully saturated rings. The summed E-state index contributed by atoms with van der Waals surface area (Å²) in [4.78, 5) is 28.4. The number of aliphatic imine (C=N–C) groups is 1. The molecule has 0 unspecified atom stereocenters. The number of para-hydroxylation sites is 2. The van der Waals surface area contributed by atoms with E-state index in [0.717, 1.165) is 5.56 Å². The lowest BCUT2D eigenvalue weighted by Gasteiger charge is -2.10. The maximum atomic E-state index is 12.2. The van der Waals surface area contributed by atoms with E-state index in [9.17, 15) is 9.59 Å². The average Bonchev–Trinajstić information content (AvgIpc) is 3.02. The second-order valence-electron chi connectivity index (χ2n) is 5.72. The van der Waals surface area contributed by atoms with Gasteiger partial charge in [-0.2, -0.15) is 5.10 Å². The smallest absolute Gasteiger partial charge is 0.252 e. The number of rotatable bonds is 6. The van der Waals surface area contributed by atoms with Crippen LogP contribution < -0.4 is 20.8 Å². The Labute approximate surface area is 156 Å². The van der Waals surface area contributed by atoms with E-state index in [1.807, 2.05) is 30.3 Å². The molecule has 0 aromatic heterocycles. The van der Waals surface area contributed by atoms with Gasteiger partial charge in [0.15, 0.2) is 0 Å². The van der Waals surface area contributed by atoms with Crippen molar-refractivity contribution in [2.45, 2.75) is 12.5 Å². The molecular weight excluding hydrogens is 346 g/mol. The quantitative estimate of drug-likeness (QED) is 0.533. The zero-order valence-electron chi connectivity index (χ0n) is 14.7. The summed E-state index contributed by atoms with van der Waals surface area (Å²) < 4.78 is 5.19. The number of nitrogens with one attached hydrogen (secondary N) is 3. The van der Waals surface area contributed by atoms with Gasteiger partial charge >= 0.3 is 0 Å². The highest BCUT2D eigenvalue weighted by atomic mass is 16.5. The molecule has 8 heteroatoms. The van der Waals surface area contributed by atoms with Gasteiger partial charge in [0.05, 0.1) is 25.4 Å². The van der Waals surface area contributed by atoms with E-state index in [-0.39, 0.29) is 24.2 Å². The van der Waals surface area contributed by atoms with Gasteiger partial charge < -0.3 is 10.1 Å². The number of carbonyl (C=O) groups excluding carboxylic acids is 2. The highest BCUT2D eigenvalue weighted by Crippen LogP contribution is 2.23. The van der Waals surface area contributed by atoms with Crippen LogP contribution in [0.5, 0.6) is 5.75 Å². The van der Waals surface area contributed by atoms with Crippen LogP contribution in [0.3, 0.4) is 0 Å². The highest BCUT2D eigenvalue weighted by molar-refractivity contribution is 6.07. The van der Waals surface area contributed by atoms with Crippen molar-refractivity contribution in [2.24, 2.45) is 10.1 Å². The molecule has 0 spiro atoms. The largest absolute Gasteiger partial charge is 0.495 e. The number of ether oxygens (including phenoxy) is 1. The molecule has 27 heavy (non-hydrogen) atoms. The number of nitrogens with zero attached hydrogens (tertiary/aromatic N) is 2. The summed E-state index contributed by atoms with van der Waals surface area (Å²) in [5, 5.41) is 9.31. The first-order valence-electron chi connectivity index (χ1n) is 8.31. The fraction of sp³-hybridized carbons (Fsp3) is 0.158. The Morgan fingerprint density at radius 3 is 2.74 bits per heavy atom. The molecule has 0 bridgehead atoms. The van der Waals surface area contributed by atoms with E-state index in [4.69, 9.17) is 4.74 Å². The molecule has 138 valence electrons. The van der Waals surface area contributed by atoms with Gasteiger partial charge in [0.25, 0.3) is 5.91 Å². The summed E-state index contributed by atoms with van der Waals surface area (Å²) in [5.41, 5.74) is 4.11. The van der Waals surface area contributed by atoms with Crippen LogP contribution in [0.1, 0.15) is 12.0 Å². The molecule has 2 aromatic rings. The molecule has 8 nitrogen and oxygen atoms in total. The van der Waals surface area contributed by atoms with Crippen LogP contribution >= 0.6 is 0 Å². The van der Waals surface area contributed by atoms with Gasteiger partial charge in [0.1, 0.15) is 11.8 Å². The molecule has 0 saturated heterocycles. The SMILES string of the molecule is COc1ccccc1NC(=O)C[C@@H]1N=C(N/N=C\c2ccccc2)NC1=O. The molecule has 0 aliphatic carbocycles. The monoisotopic (exact) mass is 365 g/mol. The summed E-state index contributed by atoms with van der Waals surface area (Å²) in [6, 6.07) is 15.7. The maximum absolute atomic E-state index is 12.2. The van der Waals surface area contributed by atoms with Crippen molar-refractivity contribution in [3.63, 3.8) is 0 Å². The maximum Gasteiger partial charge on any atom is 0.252 e. The number of amides is 2. The molecule has 0 radical (unpaired) electrons. The predicted molar refractivity (Wildman–Crippen MR) is 103 cm³/mol. The normalized spacial score (nSPS) is 16.0. The van der Waals surface area contributed by atoms with Gasteiger partial charge in [-0.1, -0.05) is 42.5 Å². The molecule has 2 aromatic carbocycles. The number of hydrazone groups is 1. The summed E-state index contributed by atoms with van der Waals surface area (Å²) in [6.45, 7) is 0. The first kappa shape index (κ1) is 18.1. The second-order valence-corrected chi connectivity index (χ2v) is 5.72. The van der Waals surface area contributed by atoms with Crippen LogP contribution in [0, 0.1) is 0 Å². The summed E-state index contributed by atoms with van der Waals surface area (Å²) in [5.74, 6) is 0.0603. The number of anilines is 1. The van der Waals surface area contributed by atoms with Gasteiger partial charge in [-0.15, -0.1) is 0 Å². The van der Waals surface area contributed by atoms with E-state index >= 15 is 0 Å². The van der Waals surface area contributed by atoms with Crippen LogP contribution in [-0.4, -0.2) is 37.1 Å². The van der Waals surface area contributed by atoms with Crippen molar-refractivity contribution >= 4 is 29.7 Å². The van der Waals surface area contributed by atoms with Gasteiger partial charge in [0.2, 0.25) is 11.9 Å². The lowest BCUT2D eigenvalue weighted by atomic mass is 10.2. The van der Waals surface area contributed by atoms with E-state index in [2.05, 4.69) is 26.2 Å². The Hall–Kier alpha value is -3.68. The lowest BCUT2D eigenvalue weighted by molar-refractivity contribution is -0.123. The molecule has 1 aliphatic rings. The van der Waals surface area contributed by atoms with Gasteiger partial charge in [-0.3, -0.25) is 14.9 Å². The highest BCUT2D eigenvalue weighted by Gasteiger charge is 2.28. The minimum absolute atomic E-state index is 0.0859. The Kier molecular flexibility index (Phi) is 5.78. The molecule has 2 amide bonds. The topological polar surface area (TPSA) is 104 Å². The van der Waals surface area contributed by atoms with Crippen molar-refractivity contribution in [2.75, 3.05) is 12.4 Å². The standard InChI is InChI=1S/C19H19N5O3/c1-27-16-10-6-5-9-14(16)21-17(25)11-15-18(26)23-19(22-15)24-20-12-13-7-3-2-4-8-13/h2-10,12,15H,11H2,1H3,(H,21,25)(H2,22,23,24,26)/b20-12-/t15-/m0/s1. The number of methoxy groups -OCH3 is 1. The number of benzene rings is 2. The van der Waals surface area contributed by atoms with E-state index in [0.29, 0.717) is 11.4 Å². The molecule has 0 saturated carbocycles. The van der Waals surface area contributed by atoms with Crippen LogP contribution in [0.4, 0.5) is 5.69 Å². The molecule has 3 rings (SSSR count). The predicted octanol–water partition coefficient (Wildman–Crippen LogP) is 1.50. The second kappa shape index (κ2) is 8.61. The van der Waals surface area contributed by atoms with E-state index in [1.54, 1.807) is 30.5 Å². The Morgan fingerprint density at radius 2 is 1.96 bits per heavy atom. The van der Waals surface area contributed by atoms with Crippen molar-refractivity contribution in [1.29, 1.82) is 0 Å². The van der Waals surface area contributed by atoms with Crippen LogP contribution in [-0.2, 0) is 9.59 Å². The van der Waals surface area contributed by atoms with Crippen molar-refractivity contribution in [3.8, 4) is 5.75 Å². The Balaban J connectivity index is 1.56. The summed E-state index contributed by atoms with van der Waals surface area (Å²) in [7, 11) is 1.52. The van der Waals surface area contributed by atoms with Gasteiger partial charge in [-0.25, -0.2) is 10.4 Å². The van der Waals surface area contributed by atoms with E-state index < -0.39 is 6.04 Å². The zero-order chi connectivity index (χ0) is 19.1. The molecule has 1 heterocycles. The van der Waals surface area contributed by atoms with Crippen LogP contribution in [0.25, 0.3) is 0 Å². The molecular formula is C19H19N5O3. The van der Waals surface area contributed by atoms with Crippen LogP contribution in [0.15, 0.2) is 64.7 Å². The van der Waals surface area contributed by atoms with Crippen LogP contribution in [0.2, 0.25) is 0 Å². The zero-order valence-corrected chi connectivity index (χ0v) is 14.7. The minimum atomic E-state index is -0.811. The summed E-state index contributed by atoms with van der Waals surface area (Å²) >= 11 is 0. The number of carbonyl (C=O) groups is 2. The Morgan fingerprint density at radius 1 is 1.22 bits per heavy atom. The molecule has 3 N–H and O–H groups in total. The fourth-order valence-electron chi connectivity index (χ4n) is 2.47. The van der Waals surface area contributed by atoms with Gasteiger partial charge in [0, 0.05) is 0 Å². The number of guanidine groups is 1. The van der Waals surface area contributed by atoms with Crippen molar-refractivity contribution in [3.05, 3.63) is 60.2 Å². The first-order valence-corrected chi connectivity index (χ1v) is 8.31. The van der Waals surface area contributed by atoms with Crippen molar-refractivity contribution < 1.29 is 14.3 Å². The summed E-state index contributed by atoms with van der Waals surface area (Å²) in [6.07, 6.45) is 1.52. The molecule has 1 aliphatic heterocycles. The Bertz CT molecular complexity index is 880. The average molecular weight is 365 g/mol. The van der Waals surface area contributed by atoms with Crippen molar-refractivity contribution in [1.82, 2.24) is 10.7 Å². The van der Waals surface area contributed by atoms with E-state index in [1.165, 1.54) is 7.11 Å². The first-order chi connectivity index (χ1) is 13.2.